The van der Waals surface area contributed by atoms with E-state index >= 15 is 0 Å². The molecule has 5 amide bonds. The molecule has 0 bridgehead atoms. The summed E-state index contributed by atoms with van der Waals surface area (Å²) in [6, 6.07) is 35.1. The number of rotatable bonds is 18. The molecular weight excluding hydrogens is 1410 g/mol. The molecule has 0 spiro atoms. The smallest absolute Gasteiger partial charge is 1.00 e. The van der Waals surface area contributed by atoms with E-state index in [0.717, 1.165) is 106 Å². The molecule has 26 nitrogen and oxygen atoms in total. The summed E-state index contributed by atoms with van der Waals surface area (Å²) in [5, 5.41) is 29.4. The quantitative estimate of drug-likeness (QED) is 0.0265. The molecule has 28 heteroatoms. The topological polar surface area (TPSA) is 441 Å². The third-order valence-electron chi connectivity index (χ3n) is 17.0. The molecule has 9 aromatic heterocycles. The first-order chi connectivity index (χ1) is 50.2. The summed E-state index contributed by atoms with van der Waals surface area (Å²) in [7, 11) is 0. The van der Waals surface area contributed by atoms with Crippen LogP contribution in [0, 0.1) is 73.6 Å². The van der Waals surface area contributed by atoms with Gasteiger partial charge in [0.05, 0.1) is 33.2 Å². The van der Waals surface area contributed by atoms with Gasteiger partial charge in [0.1, 0.15) is 23.5 Å². The van der Waals surface area contributed by atoms with Gasteiger partial charge in [-0.05, 0) is 238 Å². The molecule has 0 aliphatic heterocycles. The van der Waals surface area contributed by atoms with Crippen molar-refractivity contribution in [1.82, 2.24) is 60.8 Å². The van der Waals surface area contributed by atoms with Crippen LogP contribution in [0.15, 0.2) is 146 Å². The second-order valence-corrected chi connectivity index (χ2v) is 25.2. The molecule has 12 aromatic rings. The number of fused-ring (bicyclic) bond motifs is 3. The van der Waals surface area contributed by atoms with Gasteiger partial charge in [0, 0.05) is 143 Å². The van der Waals surface area contributed by atoms with Crippen LogP contribution in [0.3, 0.4) is 0 Å². The minimum Gasteiger partial charge on any atom is -1.00 e. The molecule has 0 fully saturated rings. The molecule has 0 saturated heterocycles. The average Bonchev–Trinajstić information content (AvgIpc) is 0.793. The van der Waals surface area contributed by atoms with Crippen LogP contribution in [0.4, 0.5) is 17.5 Å². The van der Waals surface area contributed by atoms with E-state index in [-0.39, 0.29) is 128 Å². The number of nitrogens with two attached hydrogens (primary N) is 5. The summed E-state index contributed by atoms with van der Waals surface area (Å²) in [5.74, 6) is -0.292. The number of hydrogen-bond donors (Lipinski definition) is 8. The number of carbonyl (C=O) groups excluding carboxylic acids is 6. The molecule has 0 aliphatic carbocycles. The molecule has 3 aromatic carbocycles. The van der Waals surface area contributed by atoms with Crippen LogP contribution < -0.4 is 153 Å². The fourth-order valence-corrected chi connectivity index (χ4v) is 12.1. The maximum absolute atomic E-state index is 12.8. The van der Waals surface area contributed by atoms with Crippen molar-refractivity contribution in [2.75, 3.05) is 17.2 Å². The van der Waals surface area contributed by atoms with Gasteiger partial charge in [0.25, 0.3) is 36.0 Å². The first-order valence-corrected chi connectivity index (χ1v) is 32.9. The number of benzene rings is 3. The molecule has 12 rings (SSSR count). The van der Waals surface area contributed by atoms with Gasteiger partial charge < -0.3 is 56.2 Å². The van der Waals surface area contributed by atoms with Crippen LogP contribution in [0.5, 0.6) is 0 Å². The van der Waals surface area contributed by atoms with E-state index in [4.69, 9.17) is 38.7 Å². The van der Waals surface area contributed by atoms with Crippen molar-refractivity contribution in [3.8, 4) is 6.07 Å². The fraction of sp³-hybridized carbons (Fsp3) is 0.190. The number of nitriles is 1. The van der Waals surface area contributed by atoms with Crippen LogP contribution in [-0.4, -0.2) is 80.9 Å². The Hall–Kier alpha value is -10.3. The first-order valence-electron chi connectivity index (χ1n) is 32.9. The Balaban J connectivity index is 0.000000244. The third kappa shape index (κ3) is 22.6. The molecule has 0 saturated carbocycles. The number of nitrogen functional groups attached to an aromatic ring is 3. The molecular formula is C79H78K2N18O8. The van der Waals surface area contributed by atoms with E-state index in [2.05, 4.69) is 71.8 Å². The average molecular weight is 1490 g/mol. The van der Waals surface area contributed by atoms with Gasteiger partial charge in [-0.1, -0.05) is 0 Å². The molecule has 0 unspecified atom stereocenters. The number of anilines is 3. The van der Waals surface area contributed by atoms with Crippen molar-refractivity contribution in [3.63, 3.8) is 0 Å². The van der Waals surface area contributed by atoms with Crippen LogP contribution in [0.25, 0.3) is 32.7 Å². The van der Waals surface area contributed by atoms with Gasteiger partial charge in [0.15, 0.2) is 0 Å². The van der Waals surface area contributed by atoms with E-state index in [1.54, 1.807) is 104 Å². The number of aromatic nitrogens is 9. The van der Waals surface area contributed by atoms with Crippen LogP contribution in [0.2, 0.25) is 0 Å². The molecule has 0 radical (unpaired) electrons. The van der Waals surface area contributed by atoms with Crippen LogP contribution >= 0.6 is 0 Å². The normalized spacial score (nSPS) is 10.4. The molecule has 0 aliphatic rings. The van der Waals surface area contributed by atoms with Crippen LogP contribution in [-0.2, 0) is 48.6 Å². The summed E-state index contributed by atoms with van der Waals surface area (Å²) in [4.78, 5) is 113. The zero-order valence-corrected chi connectivity index (χ0v) is 67.5. The Bertz CT molecular complexity index is 5140. The number of nitrogens with zero attached hydrogens (tertiary/aromatic N) is 10. The maximum atomic E-state index is 12.8. The zero-order chi connectivity index (χ0) is 75.8. The number of nitrogens with one attached hydrogen (secondary N) is 3. The van der Waals surface area contributed by atoms with Gasteiger partial charge >= 0.3 is 103 Å². The van der Waals surface area contributed by atoms with Gasteiger partial charge in [0.2, 0.25) is 0 Å². The predicted octanol–water partition coefficient (Wildman–Crippen LogP) is 2.78. The minimum atomic E-state index is -0.535. The summed E-state index contributed by atoms with van der Waals surface area (Å²) < 4.78 is 0. The molecule has 9 heterocycles. The van der Waals surface area contributed by atoms with E-state index in [0.29, 0.717) is 118 Å². The zero-order valence-electron chi connectivity index (χ0n) is 62.3. The van der Waals surface area contributed by atoms with E-state index in [1.165, 1.54) is 0 Å². The second kappa shape index (κ2) is 38.8. The second-order valence-electron chi connectivity index (χ2n) is 25.2. The van der Waals surface area contributed by atoms with Gasteiger partial charge in [-0.2, -0.15) is 5.26 Å². The summed E-state index contributed by atoms with van der Waals surface area (Å²) in [6.45, 7) is 18.2. The van der Waals surface area contributed by atoms with Crippen molar-refractivity contribution in [2.24, 2.45) is 11.5 Å². The van der Waals surface area contributed by atoms with Gasteiger partial charge in [-0.25, -0.2) is 15.0 Å². The third-order valence-corrected chi connectivity index (χ3v) is 17.0. The fourth-order valence-electron chi connectivity index (χ4n) is 12.1. The summed E-state index contributed by atoms with van der Waals surface area (Å²) in [6.07, 6.45) is 11.4. The number of amides is 5. The van der Waals surface area contributed by atoms with E-state index < -0.39 is 11.8 Å². The Morgan fingerprint density at radius 1 is 0.458 bits per heavy atom. The SMILES string of the molecule is Cc1cnc2c(C#N)cc(Cc3cc(C(=O)NCc4c(C)cc(N)nc4C)ccn3)cc2c1.Cc1cnc2c(C(N)=O)cc(Cc3cc(C(=O)NCc4c(C)cc(N)nc4C)ccn3)cc2c1.Cc1cnc2c(C(N)=O)cc(Cc3cc(C(=O)NCc4c(C)cc(N)nc4C)ccn3)cc2c1.O=CO[O-].[H-].[K+].[K+]. The van der Waals surface area contributed by atoms with Gasteiger partial charge in [-0.3, -0.25) is 58.7 Å². The minimum absolute atomic E-state index is 0. The van der Waals surface area contributed by atoms with Crippen LogP contribution in [0.1, 0.15) is 160 Å². The van der Waals surface area contributed by atoms with Crippen molar-refractivity contribution in [2.45, 2.75) is 101 Å². The Morgan fingerprint density at radius 2 is 0.757 bits per heavy atom. The number of hydrogen-bond acceptors (Lipinski definition) is 21. The van der Waals surface area contributed by atoms with Crippen molar-refractivity contribution >= 4 is 86.2 Å². The Kier molecular flexibility index (Phi) is 30.5. The number of carbonyl (C=O) groups is 6. The van der Waals surface area contributed by atoms with Crippen molar-refractivity contribution in [3.05, 3.63) is 281 Å². The largest absolute Gasteiger partial charge is 1.00 e. The Labute approximate surface area is 704 Å². The molecule has 0 atom stereocenters. The van der Waals surface area contributed by atoms with Gasteiger partial charge in [-0.15, -0.1) is 0 Å². The predicted molar refractivity (Wildman–Crippen MR) is 398 cm³/mol. The molecule has 534 valence electrons. The Morgan fingerprint density at radius 3 is 1.05 bits per heavy atom. The maximum Gasteiger partial charge on any atom is 1.00 e. The number of aryl methyl sites for hydroxylation is 9. The number of pyridine rings is 9. The monoisotopic (exact) mass is 1480 g/mol. The number of primary amides is 2. The van der Waals surface area contributed by atoms with E-state index in [1.807, 2.05) is 105 Å². The summed E-state index contributed by atoms with van der Waals surface area (Å²) in [5.41, 5.74) is 49.1. The first kappa shape index (κ1) is 84.0. The van der Waals surface area contributed by atoms with E-state index in [9.17, 15) is 29.2 Å². The standard InChI is InChI=1S/2C26H26N6O2.C26H24N6O.CH2O3.2K.H/c2*1-14-6-19-8-17(10-21(25(28)33)24(19)30-12-14)9-20-11-18(4-5-29-20)26(34)31-13-22-15(2)7-23(27)32-16(22)3;1-15-6-20-8-18(9-21(12-27)25(20)30-13-15)10-22-11-19(4-5-29-22)26(33)31-14-23-16(2)7-24(28)32-17(23)3;2-1-4-3;;;/h2*4-8,10-12H,9,13H2,1-3H3,(H2,27,32)(H2,28,33)(H,31,34);4-9,11,13H,10,14H2,1-3H3,(H2,28,32)(H,31,33);1,3H;;;/q;;;;2*+1;-1/p-1. The molecule has 13 N–H and O–H groups in total. The van der Waals surface area contributed by atoms with Crippen molar-refractivity contribution in [1.29, 1.82) is 5.26 Å². The summed E-state index contributed by atoms with van der Waals surface area (Å²) >= 11 is 0. The molecule has 107 heavy (non-hydrogen) atoms. The van der Waals surface area contributed by atoms with Crippen molar-refractivity contribution < 1.29 is 143 Å².